The fourth-order valence-corrected chi connectivity index (χ4v) is 1.71. The fraction of sp³-hybridized carbons (Fsp3) is 0.167. The number of thioether (sulfide) groups is 1. The maximum absolute atomic E-state index is 2.23. The third-order valence-corrected chi connectivity index (χ3v) is 2.12. The van der Waals surface area contributed by atoms with Crippen molar-refractivity contribution in [2.75, 3.05) is 0 Å². The van der Waals surface area contributed by atoms with Crippen LogP contribution in [0.3, 0.4) is 0 Å². The zero-order valence-corrected chi connectivity index (χ0v) is 5.19. The van der Waals surface area contributed by atoms with Crippen molar-refractivity contribution in [2.24, 2.45) is 0 Å². The molecule has 0 amide bonds. The molecule has 0 fully saturated rings. The van der Waals surface area contributed by atoms with Gasteiger partial charge in [-0.3, -0.25) is 0 Å². The molecule has 0 saturated carbocycles. The summed E-state index contributed by atoms with van der Waals surface area (Å²) in [7, 11) is 0. The summed E-state index contributed by atoms with van der Waals surface area (Å²) in [6.45, 7) is 0. The van der Waals surface area contributed by atoms with Crippen LogP contribution < -0.4 is 0 Å². The van der Waals surface area contributed by atoms with Crippen LogP contribution in [0, 0.1) is 5.75 Å². The van der Waals surface area contributed by atoms with Crippen molar-refractivity contribution >= 4 is 11.8 Å². The first-order valence-corrected chi connectivity index (χ1v) is 3.62. The van der Waals surface area contributed by atoms with E-state index in [0.717, 1.165) is 5.88 Å². The summed E-state index contributed by atoms with van der Waals surface area (Å²) in [5.41, 5.74) is 1.34. The molecule has 0 atom stereocenters. The lowest BCUT2D eigenvalue weighted by molar-refractivity contribution is 0.901. The minimum absolute atomic E-state index is 1.10. The Kier molecular flexibility index (Phi) is 0.875. The maximum atomic E-state index is 2.23. The van der Waals surface area contributed by atoms with Crippen molar-refractivity contribution in [3.8, 4) is 0 Å². The van der Waals surface area contributed by atoms with E-state index in [1.54, 1.807) is 0 Å². The second kappa shape index (κ2) is 1.55. The lowest BCUT2D eigenvalue weighted by atomic mass is 10.5. The summed E-state index contributed by atoms with van der Waals surface area (Å²) in [5.74, 6) is 3.28. The first-order valence-electron chi connectivity index (χ1n) is 2.57. The van der Waals surface area contributed by atoms with E-state index in [4.69, 9.17) is 0 Å². The van der Waals surface area contributed by atoms with E-state index < -0.39 is 0 Å². The van der Waals surface area contributed by atoms with Gasteiger partial charge in [-0.15, -0.1) is 11.8 Å². The molecular weight excluding hydrogens is 118 g/mol. The molecule has 1 radical (unpaired) electrons. The van der Waals surface area contributed by atoms with Gasteiger partial charge in [0.25, 0.3) is 0 Å². The van der Waals surface area contributed by atoms with Crippen LogP contribution in [0.25, 0.3) is 0 Å². The van der Waals surface area contributed by atoms with Gasteiger partial charge in [-0.2, -0.15) is 0 Å². The van der Waals surface area contributed by atoms with Crippen molar-refractivity contribution in [1.82, 2.24) is 4.57 Å². The van der Waals surface area contributed by atoms with Crippen LogP contribution in [0.1, 0.15) is 5.69 Å². The van der Waals surface area contributed by atoms with Crippen LogP contribution in [-0.2, 0) is 5.88 Å². The molecule has 2 heteroatoms. The molecule has 0 bridgehead atoms. The summed E-state index contributed by atoms with van der Waals surface area (Å²) >= 11 is 1.85. The molecule has 1 aromatic heterocycles. The van der Waals surface area contributed by atoms with Gasteiger partial charge in [0.2, 0.25) is 0 Å². The second-order valence-electron chi connectivity index (χ2n) is 1.82. The number of hydrogen-bond donors (Lipinski definition) is 0. The van der Waals surface area contributed by atoms with Crippen LogP contribution in [-0.4, -0.2) is 4.57 Å². The van der Waals surface area contributed by atoms with Crippen LogP contribution in [0.5, 0.6) is 0 Å². The molecule has 0 saturated heterocycles. The molecule has 1 nitrogen and oxygen atoms in total. The topological polar surface area (TPSA) is 4.93 Å². The van der Waals surface area contributed by atoms with Crippen molar-refractivity contribution in [2.45, 2.75) is 5.88 Å². The number of fused-ring (bicyclic) bond motifs is 1. The van der Waals surface area contributed by atoms with Crippen LogP contribution >= 0.6 is 11.8 Å². The van der Waals surface area contributed by atoms with Gasteiger partial charge in [-0.1, -0.05) is 0 Å². The van der Waals surface area contributed by atoms with Crippen molar-refractivity contribution in [3.05, 3.63) is 29.8 Å². The first kappa shape index (κ1) is 4.50. The van der Waals surface area contributed by atoms with E-state index in [0.29, 0.717) is 0 Å². The average Bonchev–Trinajstić information content (AvgIpc) is 2.15. The molecule has 0 N–H and O–H groups in total. The van der Waals surface area contributed by atoms with Crippen LogP contribution in [0.15, 0.2) is 18.3 Å². The standard InChI is InChI=1S/C6H6NS/c1-2-6-4-8-5-7(6)3-1/h1-4H,5H2. The largest absolute Gasteiger partial charge is 0.341 e. The van der Waals surface area contributed by atoms with Crippen LogP contribution in [0.4, 0.5) is 0 Å². The molecule has 41 valence electrons. The number of aromatic nitrogens is 1. The third kappa shape index (κ3) is 0.494. The maximum Gasteiger partial charge on any atom is 0.0687 e. The first-order chi connectivity index (χ1) is 3.97. The van der Waals surface area contributed by atoms with E-state index in [2.05, 4.69) is 28.6 Å². The van der Waals surface area contributed by atoms with E-state index in [1.165, 1.54) is 5.69 Å². The van der Waals surface area contributed by atoms with E-state index >= 15 is 0 Å². The highest BCUT2D eigenvalue weighted by Crippen LogP contribution is 2.25. The molecule has 1 aliphatic rings. The number of rotatable bonds is 0. The molecule has 0 unspecified atom stereocenters. The highest BCUT2D eigenvalue weighted by molar-refractivity contribution is 8.00. The summed E-state index contributed by atoms with van der Waals surface area (Å²) < 4.78 is 2.23. The highest BCUT2D eigenvalue weighted by Gasteiger charge is 2.07. The summed E-state index contributed by atoms with van der Waals surface area (Å²) in [4.78, 5) is 0. The van der Waals surface area contributed by atoms with Gasteiger partial charge in [-0.25, -0.2) is 0 Å². The van der Waals surface area contributed by atoms with E-state index in [9.17, 15) is 0 Å². The molecule has 2 rings (SSSR count). The molecule has 1 aliphatic heterocycles. The zero-order chi connectivity index (χ0) is 5.40. The quantitative estimate of drug-likeness (QED) is 0.509. The molecule has 0 aromatic carbocycles. The molecule has 0 aliphatic carbocycles. The summed E-state index contributed by atoms with van der Waals surface area (Å²) in [5, 5.41) is 0. The third-order valence-electron chi connectivity index (χ3n) is 1.28. The van der Waals surface area contributed by atoms with E-state index in [-0.39, 0.29) is 0 Å². The van der Waals surface area contributed by atoms with Gasteiger partial charge in [-0.05, 0) is 12.1 Å². The van der Waals surface area contributed by atoms with Gasteiger partial charge >= 0.3 is 0 Å². The Morgan fingerprint density at radius 1 is 1.62 bits per heavy atom. The SMILES string of the molecule is [CH]1SCn2cccc21. The Balaban J connectivity index is 2.54. The molecule has 1 aromatic rings. The average molecular weight is 124 g/mol. The minimum atomic E-state index is 1.10. The van der Waals surface area contributed by atoms with Gasteiger partial charge in [0.15, 0.2) is 0 Å². The molecule has 2 heterocycles. The van der Waals surface area contributed by atoms with Crippen molar-refractivity contribution in [3.63, 3.8) is 0 Å². The normalized spacial score (nSPS) is 16.5. The lowest BCUT2D eigenvalue weighted by Gasteiger charge is -1.88. The minimum Gasteiger partial charge on any atom is -0.341 e. The molecule has 0 spiro atoms. The van der Waals surface area contributed by atoms with Gasteiger partial charge in [0.1, 0.15) is 0 Å². The Labute approximate surface area is 52.7 Å². The van der Waals surface area contributed by atoms with Gasteiger partial charge in [0, 0.05) is 11.9 Å². The predicted molar refractivity (Wildman–Crippen MR) is 35.4 cm³/mol. The smallest absolute Gasteiger partial charge is 0.0687 e. The van der Waals surface area contributed by atoms with Gasteiger partial charge in [0.05, 0.1) is 11.6 Å². The Morgan fingerprint density at radius 3 is 3.50 bits per heavy atom. The fourth-order valence-electron chi connectivity index (χ4n) is 0.855. The lowest BCUT2D eigenvalue weighted by Crippen LogP contribution is -1.84. The monoisotopic (exact) mass is 124 g/mol. The Morgan fingerprint density at radius 2 is 2.62 bits per heavy atom. The highest BCUT2D eigenvalue weighted by atomic mass is 32.2. The Bertz CT molecular complexity index is 174. The molecule has 8 heavy (non-hydrogen) atoms. The van der Waals surface area contributed by atoms with Crippen molar-refractivity contribution in [1.29, 1.82) is 0 Å². The number of hydrogen-bond acceptors (Lipinski definition) is 1. The Hall–Kier alpha value is -0.370. The van der Waals surface area contributed by atoms with Crippen LogP contribution in [0.2, 0.25) is 0 Å². The van der Waals surface area contributed by atoms with E-state index in [1.807, 2.05) is 11.8 Å². The summed E-state index contributed by atoms with van der Waals surface area (Å²) in [6, 6.07) is 4.20. The molecular formula is C6H6NS. The number of nitrogens with zero attached hydrogens (tertiary/aromatic N) is 1. The van der Waals surface area contributed by atoms with Crippen molar-refractivity contribution < 1.29 is 0 Å². The predicted octanol–water partition coefficient (Wildman–Crippen LogP) is 1.70. The van der Waals surface area contributed by atoms with Gasteiger partial charge < -0.3 is 4.57 Å². The second-order valence-corrected chi connectivity index (χ2v) is 2.64. The zero-order valence-electron chi connectivity index (χ0n) is 4.37. The summed E-state index contributed by atoms with van der Waals surface area (Å²) in [6.07, 6.45) is 2.10.